The number of ether oxygens (including phenoxy) is 2. The van der Waals surface area contributed by atoms with Crippen molar-refractivity contribution < 1.29 is 31.5 Å². The van der Waals surface area contributed by atoms with Gasteiger partial charge in [-0.15, -0.1) is 0 Å². The molecule has 34 heavy (non-hydrogen) atoms. The van der Waals surface area contributed by atoms with E-state index in [9.17, 15) is 13.2 Å². The van der Waals surface area contributed by atoms with Crippen LogP contribution in [0.15, 0.2) is 42.5 Å². The minimum atomic E-state index is -3.70. The van der Waals surface area contributed by atoms with Crippen molar-refractivity contribution in [3.05, 3.63) is 70.8 Å². The lowest BCUT2D eigenvalue weighted by Crippen LogP contribution is -2.53. The standard InChI is InChI=1S/C25H29F2NO5S/c1-16-22(34(30,31)23(15-28-16)17-6-4-3-5-7-17)13-18-12-21(27)19(14-20(18)26)25(24(29)32-2)8-10-33-11-9-25/h3-7,12,14,16,22-23,28H,8-11,13,15H2,1-2H3/t16-,22?,23+/m0/s1. The van der Waals surface area contributed by atoms with Crippen LogP contribution < -0.4 is 5.32 Å². The number of nitrogens with one attached hydrogen (secondary N) is 1. The summed E-state index contributed by atoms with van der Waals surface area (Å²) in [4.78, 5) is 12.6. The van der Waals surface area contributed by atoms with Crippen molar-refractivity contribution in [2.75, 3.05) is 26.9 Å². The Morgan fingerprint density at radius 1 is 1.15 bits per heavy atom. The Kier molecular flexibility index (Phi) is 7.07. The topological polar surface area (TPSA) is 81.7 Å². The summed E-state index contributed by atoms with van der Waals surface area (Å²) in [7, 11) is -2.48. The van der Waals surface area contributed by atoms with Crippen molar-refractivity contribution in [2.24, 2.45) is 0 Å². The zero-order chi connectivity index (χ0) is 24.5. The number of benzene rings is 2. The monoisotopic (exact) mass is 493 g/mol. The Hall–Kier alpha value is -2.36. The summed E-state index contributed by atoms with van der Waals surface area (Å²) in [5.74, 6) is -2.13. The highest BCUT2D eigenvalue weighted by molar-refractivity contribution is 7.92. The van der Waals surface area contributed by atoms with Crippen LogP contribution in [0.1, 0.15) is 41.7 Å². The summed E-state index contributed by atoms with van der Waals surface area (Å²) in [5, 5.41) is 1.50. The molecule has 1 N–H and O–H groups in total. The molecule has 9 heteroatoms. The molecule has 0 bridgehead atoms. The number of carbonyl (C=O) groups excluding carboxylic acids is 1. The molecule has 6 nitrogen and oxygen atoms in total. The van der Waals surface area contributed by atoms with Gasteiger partial charge >= 0.3 is 5.97 Å². The number of methoxy groups -OCH3 is 1. The van der Waals surface area contributed by atoms with Gasteiger partial charge < -0.3 is 14.8 Å². The summed E-state index contributed by atoms with van der Waals surface area (Å²) < 4.78 is 67.9. The Morgan fingerprint density at radius 2 is 1.82 bits per heavy atom. The van der Waals surface area contributed by atoms with Crippen LogP contribution in [0.25, 0.3) is 0 Å². The number of hydrogen-bond donors (Lipinski definition) is 1. The van der Waals surface area contributed by atoms with E-state index in [4.69, 9.17) is 9.47 Å². The van der Waals surface area contributed by atoms with E-state index in [1.54, 1.807) is 31.2 Å². The first-order valence-corrected chi connectivity index (χ1v) is 13.0. The average Bonchev–Trinajstić information content (AvgIpc) is 2.83. The van der Waals surface area contributed by atoms with Gasteiger partial charge in [0.1, 0.15) is 17.0 Å². The van der Waals surface area contributed by atoms with E-state index in [1.807, 2.05) is 6.07 Å². The molecule has 2 saturated heterocycles. The number of rotatable bonds is 5. The predicted molar refractivity (Wildman–Crippen MR) is 123 cm³/mol. The summed E-state index contributed by atoms with van der Waals surface area (Å²) in [6, 6.07) is 10.5. The largest absolute Gasteiger partial charge is 0.468 e. The third-order valence-electron chi connectivity index (χ3n) is 7.17. The Balaban J connectivity index is 1.68. The van der Waals surface area contributed by atoms with Crippen LogP contribution in [0.5, 0.6) is 0 Å². The third kappa shape index (κ3) is 4.36. The maximum atomic E-state index is 15.4. The van der Waals surface area contributed by atoms with Gasteiger partial charge in [-0.25, -0.2) is 17.2 Å². The lowest BCUT2D eigenvalue weighted by atomic mass is 9.73. The molecule has 2 fully saturated rings. The smallest absolute Gasteiger partial charge is 0.316 e. The average molecular weight is 494 g/mol. The Bertz CT molecular complexity index is 1150. The highest BCUT2D eigenvalue weighted by Gasteiger charge is 2.46. The van der Waals surface area contributed by atoms with Crippen LogP contribution in [0.3, 0.4) is 0 Å². The molecule has 2 aromatic carbocycles. The van der Waals surface area contributed by atoms with Crippen molar-refractivity contribution >= 4 is 15.8 Å². The molecule has 0 radical (unpaired) electrons. The molecule has 0 amide bonds. The first-order chi connectivity index (χ1) is 16.2. The molecular formula is C25H29F2NO5S. The molecule has 1 unspecified atom stereocenters. The van der Waals surface area contributed by atoms with Crippen LogP contribution in [0, 0.1) is 11.6 Å². The van der Waals surface area contributed by atoms with Crippen LogP contribution >= 0.6 is 0 Å². The quantitative estimate of drug-likeness (QED) is 0.644. The molecule has 0 aliphatic carbocycles. The van der Waals surface area contributed by atoms with Crippen molar-refractivity contribution in [1.29, 1.82) is 0 Å². The number of hydrogen-bond acceptors (Lipinski definition) is 6. The molecule has 2 aliphatic heterocycles. The first kappa shape index (κ1) is 24.8. The van der Waals surface area contributed by atoms with E-state index in [1.165, 1.54) is 7.11 Å². The Morgan fingerprint density at radius 3 is 2.47 bits per heavy atom. The van der Waals surface area contributed by atoms with Crippen molar-refractivity contribution in [3.63, 3.8) is 0 Å². The minimum absolute atomic E-state index is 0.0377. The molecule has 3 atom stereocenters. The van der Waals surface area contributed by atoms with E-state index in [-0.39, 0.29) is 50.1 Å². The second-order valence-corrected chi connectivity index (χ2v) is 11.4. The van der Waals surface area contributed by atoms with Crippen LogP contribution in [-0.2, 0) is 35.9 Å². The molecule has 0 saturated carbocycles. The first-order valence-electron chi connectivity index (χ1n) is 11.4. The van der Waals surface area contributed by atoms with Gasteiger partial charge in [-0.3, -0.25) is 4.79 Å². The fourth-order valence-corrected chi connectivity index (χ4v) is 7.49. The summed E-state index contributed by atoms with van der Waals surface area (Å²) in [6.07, 6.45) is 0.162. The molecule has 184 valence electrons. The third-order valence-corrected chi connectivity index (χ3v) is 9.82. The number of sulfone groups is 1. The predicted octanol–water partition coefficient (Wildman–Crippen LogP) is 3.24. The molecule has 0 aromatic heterocycles. The fourth-order valence-electron chi connectivity index (χ4n) is 5.13. The van der Waals surface area contributed by atoms with Gasteiger partial charge in [0, 0.05) is 31.4 Å². The molecule has 0 spiro atoms. The molecule has 2 heterocycles. The van der Waals surface area contributed by atoms with Gasteiger partial charge in [-0.1, -0.05) is 30.3 Å². The molecule has 2 aliphatic rings. The van der Waals surface area contributed by atoms with Crippen LogP contribution in [0.4, 0.5) is 8.78 Å². The van der Waals surface area contributed by atoms with Gasteiger partial charge in [0.15, 0.2) is 9.84 Å². The highest BCUT2D eigenvalue weighted by Crippen LogP contribution is 2.39. The van der Waals surface area contributed by atoms with Crippen LogP contribution in [-0.4, -0.2) is 52.5 Å². The van der Waals surface area contributed by atoms with E-state index in [0.717, 1.165) is 12.1 Å². The number of esters is 1. The number of carbonyl (C=O) groups is 1. The van der Waals surface area contributed by atoms with Gasteiger partial charge in [0.2, 0.25) is 0 Å². The summed E-state index contributed by atoms with van der Waals surface area (Å²) >= 11 is 0. The van der Waals surface area contributed by atoms with Gasteiger partial charge in [-0.2, -0.15) is 0 Å². The highest BCUT2D eigenvalue weighted by atomic mass is 32.2. The maximum absolute atomic E-state index is 15.4. The van der Waals surface area contributed by atoms with E-state index in [2.05, 4.69) is 5.32 Å². The van der Waals surface area contributed by atoms with E-state index in [0.29, 0.717) is 5.56 Å². The van der Waals surface area contributed by atoms with Gasteiger partial charge in [0.05, 0.1) is 17.6 Å². The van der Waals surface area contributed by atoms with Gasteiger partial charge in [0.25, 0.3) is 0 Å². The second kappa shape index (κ2) is 9.71. The lowest BCUT2D eigenvalue weighted by Gasteiger charge is -2.36. The minimum Gasteiger partial charge on any atom is -0.468 e. The zero-order valence-corrected chi connectivity index (χ0v) is 20.0. The van der Waals surface area contributed by atoms with E-state index < -0.39 is 49.4 Å². The SMILES string of the molecule is COC(=O)C1(c2cc(F)c(CC3[C@H](C)NC[C@H](c4ccccc4)S3(=O)=O)cc2F)CCOCC1. The fraction of sp³-hybridized carbons (Fsp3) is 0.480. The van der Waals surface area contributed by atoms with Crippen LogP contribution in [0.2, 0.25) is 0 Å². The van der Waals surface area contributed by atoms with Crippen molar-refractivity contribution in [1.82, 2.24) is 5.32 Å². The maximum Gasteiger partial charge on any atom is 0.316 e. The Labute approximate surface area is 198 Å². The lowest BCUT2D eigenvalue weighted by molar-refractivity contribution is -0.151. The summed E-state index contributed by atoms with van der Waals surface area (Å²) in [5.41, 5.74) is -0.790. The second-order valence-electron chi connectivity index (χ2n) is 9.04. The van der Waals surface area contributed by atoms with Crippen molar-refractivity contribution in [2.45, 2.75) is 48.1 Å². The molecular weight excluding hydrogens is 464 g/mol. The summed E-state index contributed by atoms with van der Waals surface area (Å²) in [6.45, 7) is 2.44. The molecule has 4 rings (SSSR count). The van der Waals surface area contributed by atoms with Gasteiger partial charge in [-0.05, 0) is 49.4 Å². The normalized spacial score (nSPS) is 26.1. The molecule has 2 aromatic rings. The zero-order valence-electron chi connectivity index (χ0n) is 19.2. The van der Waals surface area contributed by atoms with Crippen molar-refractivity contribution in [3.8, 4) is 0 Å². The number of halogens is 2. The van der Waals surface area contributed by atoms with E-state index >= 15 is 8.78 Å².